The van der Waals surface area contributed by atoms with E-state index in [-0.39, 0.29) is 17.9 Å². The molecule has 0 fully saturated rings. The Morgan fingerprint density at radius 3 is 2.81 bits per heavy atom. The Morgan fingerprint density at radius 1 is 1.19 bits per heavy atom. The van der Waals surface area contributed by atoms with Gasteiger partial charge in [0.05, 0.1) is 19.2 Å². The van der Waals surface area contributed by atoms with Gasteiger partial charge in [-0.2, -0.15) is 0 Å². The molecule has 0 bridgehead atoms. The lowest BCUT2D eigenvalue weighted by Gasteiger charge is -2.12. The molecule has 0 saturated carbocycles. The van der Waals surface area contributed by atoms with Crippen molar-refractivity contribution in [1.29, 1.82) is 0 Å². The number of aryl methyl sites for hydroxylation is 1. The number of ether oxygens (including phenoxy) is 1. The van der Waals surface area contributed by atoms with Crippen LogP contribution in [-0.4, -0.2) is 17.5 Å². The summed E-state index contributed by atoms with van der Waals surface area (Å²) in [5.41, 5.74) is 2.59. The van der Waals surface area contributed by atoms with Gasteiger partial charge in [0.1, 0.15) is 5.75 Å². The van der Waals surface area contributed by atoms with E-state index < -0.39 is 0 Å². The molecule has 108 valence electrons. The molecule has 1 aromatic carbocycles. The zero-order valence-corrected chi connectivity index (χ0v) is 12.0. The third kappa shape index (κ3) is 2.49. The molecule has 4 nitrogen and oxygen atoms in total. The molecule has 0 N–H and O–H groups in total. The molecule has 1 heterocycles. The number of ketones is 1. The van der Waals surface area contributed by atoms with Crippen LogP contribution >= 0.6 is 0 Å². The van der Waals surface area contributed by atoms with E-state index in [0.29, 0.717) is 11.3 Å². The van der Waals surface area contributed by atoms with Gasteiger partial charge in [0.2, 0.25) is 0 Å². The molecule has 0 spiro atoms. The normalized spacial score (nSPS) is 13.0. The van der Waals surface area contributed by atoms with Crippen LogP contribution in [0.4, 0.5) is 0 Å². The molecular formula is C17H17NO3. The molecule has 0 unspecified atom stereocenters. The summed E-state index contributed by atoms with van der Waals surface area (Å²) in [7, 11) is 1.54. The van der Waals surface area contributed by atoms with Crippen LogP contribution in [0.25, 0.3) is 0 Å². The minimum atomic E-state index is -0.112. The summed E-state index contributed by atoms with van der Waals surface area (Å²) in [4.78, 5) is 24.6. The smallest absolute Gasteiger partial charge is 0.251 e. The van der Waals surface area contributed by atoms with Crippen molar-refractivity contribution in [3.8, 4) is 5.75 Å². The van der Waals surface area contributed by atoms with E-state index in [4.69, 9.17) is 4.74 Å². The van der Waals surface area contributed by atoms with Crippen molar-refractivity contribution in [2.45, 2.75) is 25.8 Å². The summed E-state index contributed by atoms with van der Waals surface area (Å²) >= 11 is 0. The number of Topliss-reactive ketones (excluding diaryl/α,β-unsaturated/α-hetero) is 1. The average molecular weight is 283 g/mol. The second-order valence-corrected chi connectivity index (χ2v) is 5.21. The summed E-state index contributed by atoms with van der Waals surface area (Å²) < 4.78 is 6.83. The summed E-state index contributed by atoms with van der Waals surface area (Å²) in [6, 6.07) is 10.5. The van der Waals surface area contributed by atoms with Gasteiger partial charge < -0.3 is 9.30 Å². The molecular weight excluding hydrogens is 266 g/mol. The van der Waals surface area contributed by atoms with Crippen LogP contribution in [-0.2, 0) is 19.4 Å². The Bertz CT molecular complexity index is 746. The second kappa shape index (κ2) is 5.56. The lowest BCUT2D eigenvalue weighted by molar-refractivity contribution is 0.0967. The topological polar surface area (TPSA) is 48.3 Å². The van der Waals surface area contributed by atoms with E-state index in [1.54, 1.807) is 35.9 Å². The fourth-order valence-electron chi connectivity index (χ4n) is 2.91. The number of methoxy groups -OCH3 is 1. The van der Waals surface area contributed by atoms with Crippen molar-refractivity contribution in [3.63, 3.8) is 0 Å². The molecule has 2 aromatic rings. The first-order valence-electron chi connectivity index (χ1n) is 7.08. The van der Waals surface area contributed by atoms with E-state index in [1.807, 2.05) is 12.1 Å². The molecule has 0 saturated heterocycles. The maximum Gasteiger partial charge on any atom is 0.251 e. The largest absolute Gasteiger partial charge is 0.496 e. The number of nitrogens with zero attached hydrogens (tertiary/aromatic N) is 1. The van der Waals surface area contributed by atoms with Gasteiger partial charge in [0, 0.05) is 11.8 Å². The predicted octanol–water partition coefficient (Wildman–Crippen LogP) is 2.23. The molecule has 1 aliphatic carbocycles. The van der Waals surface area contributed by atoms with Gasteiger partial charge >= 0.3 is 0 Å². The molecule has 0 amide bonds. The molecule has 21 heavy (non-hydrogen) atoms. The number of fused-ring (bicyclic) bond motifs is 1. The van der Waals surface area contributed by atoms with Crippen LogP contribution in [0.3, 0.4) is 0 Å². The number of aromatic nitrogens is 1. The molecule has 4 heteroatoms. The van der Waals surface area contributed by atoms with Crippen LogP contribution in [0.15, 0.2) is 41.2 Å². The van der Waals surface area contributed by atoms with Crippen LogP contribution in [0.1, 0.15) is 28.0 Å². The van der Waals surface area contributed by atoms with E-state index in [2.05, 4.69) is 0 Å². The van der Waals surface area contributed by atoms with E-state index in [9.17, 15) is 9.59 Å². The first-order chi connectivity index (χ1) is 10.2. The number of carbonyl (C=O) groups is 1. The van der Waals surface area contributed by atoms with Gasteiger partial charge in [-0.3, -0.25) is 9.59 Å². The molecule has 0 radical (unpaired) electrons. The maximum atomic E-state index is 12.5. The van der Waals surface area contributed by atoms with Crippen molar-refractivity contribution in [3.05, 3.63) is 63.6 Å². The molecule has 0 aliphatic heterocycles. The standard InChI is InChI=1S/C17H17NO3/c1-21-16-8-3-2-6-13(16)15(19)11-18-14-7-4-5-12(14)9-10-17(18)20/h2-3,6,8-10H,4-5,7,11H2,1H3. The Balaban J connectivity index is 1.96. The van der Waals surface area contributed by atoms with Gasteiger partial charge in [-0.15, -0.1) is 0 Å². The number of para-hydroxylation sites is 1. The number of carbonyl (C=O) groups excluding carboxylic acids is 1. The van der Waals surface area contributed by atoms with Gasteiger partial charge in [-0.1, -0.05) is 18.2 Å². The van der Waals surface area contributed by atoms with Crippen molar-refractivity contribution >= 4 is 5.78 Å². The SMILES string of the molecule is COc1ccccc1C(=O)Cn1c2c(ccc1=O)CCC2. The lowest BCUT2D eigenvalue weighted by atomic mass is 10.1. The molecule has 0 atom stereocenters. The molecule has 1 aliphatic rings. The summed E-state index contributed by atoms with van der Waals surface area (Å²) in [6.07, 6.45) is 2.89. The fraction of sp³-hybridized carbons (Fsp3) is 0.294. The van der Waals surface area contributed by atoms with Crippen molar-refractivity contribution in [2.75, 3.05) is 7.11 Å². The number of benzene rings is 1. The van der Waals surface area contributed by atoms with Gasteiger partial charge in [0.15, 0.2) is 5.78 Å². The van der Waals surface area contributed by atoms with Crippen LogP contribution in [0.5, 0.6) is 5.75 Å². The number of hydrogen-bond acceptors (Lipinski definition) is 3. The Hall–Kier alpha value is -2.36. The Morgan fingerprint density at radius 2 is 2.00 bits per heavy atom. The summed E-state index contributed by atoms with van der Waals surface area (Å²) in [6.45, 7) is 0.0718. The van der Waals surface area contributed by atoms with Crippen LogP contribution in [0, 0.1) is 0 Å². The predicted molar refractivity (Wildman–Crippen MR) is 80.1 cm³/mol. The monoisotopic (exact) mass is 283 g/mol. The highest BCUT2D eigenvalue weighted by Gasteiger charge is 2.19. The van der Waals surface area contributed by atoms with E-state index >= 15 is 0 Å². The first kappa shape index (κ1) is 13.6. The van der Waals surface area contributed by atoms with Gasteiger partial charge in [-0.25, -0.2) is 0 Å². The van der Waals surface area contributed by atoms with E-state index in [0.717, 1.165) is 25.0 Å². The third-order valence-corrected chi connectivity index (χ3v) is 3.96. The highest BCUT2D eigenvalue weighted by Crippen LogP contribution is 2.22. The Kier molecular flexibility index (Phi) is 3.60. The maximum absolute atomic E-state index is 12.5. The average Bonchev–Trinajstić information content (AvgIpc) is 2.98. The van der Waals surface area contributed by atoms with Gasteiger partial charge in [0.25, 0.3) is 5.56 Å². The summed E-state index contributed by atoms with van der Waals surface area (Å²) in [5.74, 6) is 0.443. The minimum absolute atomic E-state index is 0.0718. The first-order valence-corrected chi connectivity index (χ1v) is 7.08. The molecule has 1 aromatic heterocycles. The Labute approximate surface area is 123 Å². The fourth-order valence-corrected chi connectivity index (χ4v) is 2.91. The van der Waals surface area contributed by atoms with Crippen LogP contribution < -0.4 is 10.3 Å². The lowest BCUT2D eigenvalue weighted by Crippen LogP contribution is -2.26. The van der Waals surface area contributed by atoms with Gasteiger partial charge in [-0.05, 0) is 37.0 Å². The van der Waals surface area contributed by atoms with Crippen molar-refractivity contribution in [2.24, 2.45) is 0 Å². The van der Waals surface area contributed by atoms with Crippen molar-refractivity contribution in [1.82, 2.24) is 4.57 Å². The highest BCUT2D eigenvalue weighted by molar-refractivity contribution is 5.98. The van der Waals surface area contributed by atoms with E-state index in [1.165, 1.54) is 5.56 Å². The van der Waals surface area contributed by atoms with Crippen molar-refractivity contribution < 1.29 is 9.53 Å². The zero-order chi connectivity index (χ0) is 14.8. The minimum Gasteiger partial charge on any atom is -0.496 e. The number of pyridine rings is 1. The number of hydrogen-bond donors (Lipinski definition) is 0. The number of rotatable bonds is 4. The third-order valence-electron chi connectivity index (χ3n) is 3.96. The van der Waals surface area contributed by atoms with Crippen LogP contribution in [0.2, 0.25) is 0 Å². The quantitative estimate of drug-likeness (QED) is 0.808. The highest BCUT2D eigenvalue weighted by atomic mass is 16.5. The summed E-state index contributed by atoms with van der Waals surface area (Å²) in [5, 5.41) is 0. The second-order valence-electron chi connectivity index (χ2n) is 5.21. The zero-order valence-electron chi connectivity index (χ0n) is 12.0. The molecule has 3 rings (SSSR count).